The van der Waals surface area contributed by atoms with Crippen molar-refractivity contribution in [2.75, 3.05) is 6.61 Å². The van der Waals surface area contributed by atoms with Gasteiger partial charge in [-0.1, -0.05) is 29.8 Å². The quantitative estimate of drug-likeness (QED) is 0.776. The third-order valence-electron chi connectivity index (χ3n) is 2.87. The van der Waals surface area contributed by atoms with Gasteiger partial charge in [0.05, 0.1) is 17.1 Å². The maximum Gasteiger partial charge on any atom is 0.293 e. The summed E-state index contributed by atoms with van der Waals surface area (Å²) in [4.78, 5) is 15.9. The normalized spacial score (nSPS) is 12.1. The minimum absolute atomic E-state index is 0.0719. The highest BCUT2D eigenvalue weighted by molar-refractivity contribution is 7.09. The number of benzene rings is 1. The van der Waals surface area contributed by atoms with Crippen molar-refractivity contribution >= 4 is 17.8 Å². The summed E-state index contributed by atoms with van der Waals surface area (Å²) in [5, 5.41) is 0. The van der Waals surface area contributed by atoms with E-state index in [1.54, 1.807) is 11.3 Å². The second kappa shape index (κ2) is 5.78. The molecule has 0 saturated heterocycles. The van der Waals surface area contributed by atoms with Crippen LogP contribution >= 0.6 is 11.3 Å². The van der Waals surface area contributed by atoms with Crippen LogP contribution in [0.4, 0.5) is 0 Å². The highest BCUT2D eigenvalue weighted by Crippen LogP contribution is 2.30. The molecule has 4 heteroatoms. The minimum Gasteiger partial charge on any atom is -0.467 e. The Bertz CT molecular complexity index is 536. The molecule has 0 saturated carbocycles. The number of thiazole rings is 1. The number of hydrogen-bond donors (Lipinski definition) is 0. The first-order chi connectivity index (χ1) is 8.72. The van der Waals surface area contributed by atoms with Crippen molar-refractivity contribution in [2.24, 2.45) is 0 Å². The van der Waals surface area contributed by atoms with Crippen molar-refractivity contribution in [3.05, 3.63) is 51.5 Å². The predicted octanol–water partition coefficient (Wildman–Crippen LogP) is 3.06. The Balaban J connectivity index is 2.36. The summed E-state index contributed by atoms with van der Waals surface area (Å²) in [5.74, 6) is 0.0719. The SMILES string of the molecule is Cc1cccc(C(COC=O)c2scnc2C)c1. The van der Waals surface area contributed by atoms with Gasteiger partial charge in [-0.15, -0.1) is 11.3 Å². The van der Waals surface area contributed by atoms with Crippen molar-refractivity contribution in [2.45, 2.75) is 19.8 Å². The molecule has 0 aliphatic heterocycles. The number of nitrogens with zero attached hydrogens (tertiary/aromatic N) is 1. The van der Waals surface area contributed by atoms with Crippen LogP contribution in [-0.2, 0) is 9.53 Å². The third kappa shape index (κ3) is 2.76. The maximum absolute atomic E-state index is 10.4. The average molecular weight is 261 g/mol. The molecule has 2 aromatic rings. The fraction of sp³-hybridized carbons (Fsp3) is 0.286. The number of aromatic nitrogens is 1. The molecule has 0 fully saturated rings. The Kier molecular flexibility index (Phi) is 4.10. The van der Waals surface area contributed by atoms with Gasteiger partial charge in [-0.25, -0.2) is 4.98 Å². The third-order valence-corrected chi connectivity index (χ3v) is 3.92. The standard InChI is InChI=1S/C14H15NO2S/c1-10-4-3-5-12(6-10)13(7-17-9-16)14-11(2)15-8-18-14/h3-6,8-9,13H,7H2,1-2H3. The first kappa shape index (κ1) is 12.8. The molecule has 18 heavy (non-hydrogen) atoms. The number of hydrogen-bond acceptors (Lipinski definition) is 4. The number of rotatable bonds is 5. The van der Waals surface area contributed by atoms with E-state index in [-0.39, 0.29) is 5.92 Å². The fourth-order valence-electron chi connectivity index (χ4n) is 1.99. The zero-order valence-electron chi connectivity index (χ0n) is 10.4. The van der Waals surface area contributed by atoms with Gasteiger partial charge in [0.25, 0.3) is 6.47 Å². The predicted molar refractivity (Wildman–Crippen MR) is 71.9 cm³/mol. The molecule has 0 amide bonds. The topological polar surface area (TPSA) is 39.2 Å². The number of carbonyl (C=O) groups excluding carboxylic acids is 1. The molecule has 2 rings (SSSR count). The molecular weight excluding hydrogens is 246 g/mol. The Morgan fingerprint density at radius 3 is 2.89 bits per heavy atom. The van der Waals surface area contributed by atoms with E-state index in [0.29, 0.717) is 13.1 Å². The van der Waals surface area contributed by atoms with Crippen LogP contribution in [0.5, 0.6) is 0 Å². The summed E-state index contributed by atoms with van der Waals surface area (Å²) >= 11 is 1.60. The molecule has 1 unspecified atom stereocenters. The van der Waals surface area contributed by atoms with Gasteiger partial charge in [-0.05, 0) is 19.4 Å². The molecule has 0 radical (unpaired) electrons. The van der Waals surface area contributed by atoms with Crippen molar-refractivity contribution in [1.29, 1.82) is 0 Å². The van der Waals surface area contributed by atoms with E-state index >= 15 is 0 Å². The van der Waals surface area contributed by atoms with E-state index in [2.05, 4.69) is 30.1 Å². The highest BCUT2D eigenvalue weighted by atomic mass is 32.1. The monoisotopic (exact) mass is 261 g/mol. The second-order valence-corrected chi connectivity index (χ2v) is 5.08. The lowest BCUT2D eigenvalue weighted by Crippen LogP contribution is -2.09. The summed E-state index contributed by atoms with van der Waals surface area (Å²) in [5.41, 5.74) is 5.19. The summed E-state index contributed by atoms with van der Waals surface area (Å²) in [6.45, 7) is 4.89. The van der Waals surface area contributed by atoms with Crippen LogP contribution in [0.2, 0.25) is 0 Å². The average Bonchev–Trinajstić information content (AvgIpc) is 2.77. The summed E-state index contributed by atoms with van der Waals surface area (Å²) in [6, 6.07) is 8.26. The largest absolute Gasteiger partial charge is 0.467 e. The van der Waals surface area contributed by atoms with E-state index < -0.39 is 0 Å². The lowest BCUT2D eigenvalue weighted by atomic mass is 9.96. The van der Waals surface area contributed by atoms with Gasteiger partial charge in [0.1, 0.15) is 6.61 Å². The van der Waals surface area contributed by atoms with Gasteiger partial charge in [0.15, 0.2) is 0 Å². The van der Waals surface area contributed by atoms with Crippen molar-refractivity contribution in [1.82, 2.24) is 4.98 Å². The molecular formula is C14H15NO2S. The highest BCUT2D eigenvalue weighted by Gasteiger charge is 2.19. The summed E-state index contributed by atoms with van der Waals surface area (Å²) in [6.07, 6.45) is 0. The van der Waals surface area contributed by atoms with Crippen LogP contribution in [0.1, 0.15) is 27.6 Å². The minimum atomic E-state index is 0.0719. The number of carbonyl (C=O) groups is 1. The molecule has 0 bridgehead atoms. The molecule has 0 aliphatic rings. The van der Waals surface area contributed by atoms with E-state index in [0.717, 1.165) is 16.1 Å². The van der Waals surface area contributed by atoms with Gasteiger partial charge >= 0.3 is 0 Å². The first-order valence-electron chi connectivity index (χ1n) is 5.74. The number of aryl methyl sites for hydroxylation is 2. The molecule has 0 N–H and O–H groups in total. The van der Waals surface area contributed by atoms with E-state index in [1.807, 2.05) is 18.5 Å². The number of ether oxygens (including phenoxy) is 1. The Morgan fingerprint density at radius 2 is 2.28 bits per heavy atom. The second-order valence-electron chi connectivity index (χ2n) is 4.20. The van der Waals surface area contributed by atoms with Crippen LogP contribution in [0.3, 0.4) is 0 Å². The van der Waals surface area contributed by atoms with Crippen LogP contribution in [0, 0.1) is 13.8 Å². The van der Waals surface area contributed by atoms with Crippen molar-refractivity contribution in [3.63, 3.8) is 0 Å². The van der Waals surface area contributed by atoms with Crippen LogP contribution in [0.15, 0.2) is 29.8 Å². The maximum atomic E-state index is 10.4. The van der Waals surface area contributed by atoms with Crippen molar-refractivity contribution < 1.29 is 9.53 Å². The first-order valence-corrected chi connectivity index (χ1v) is 6.62. The van der Waals surface area contributed by atoms with Crippen LogP contribution in [-0.4, -0.2) is 18.1 Å². The van der Waals surface area contributed by atoms with Gasteiger partial charge < -0.3 is 4.74 Å². The smallest absolute Gasteiger partial charge is 0.293 e. The molecule has 3 nitrogen and oxygen atoms in total. The molecule has 0 aliphatic carbocycles. The molecule has 94 valence electrons. The Hall–Kier alpha value is -1.68. The van der Waals surface area contributed by atoms with E-state index in [9.17, 15) is 4.79 Å². The molecule has 1 heterocycles. The van der Waals surface area contributed by atoms with Gasteiger partial charge in [-0.3, -0.25) is 4.79 Å². The zero-order valence-corrected chi connectivity index (χ0v) is 11.2. The summed E-state index contributed by atoms with van der Waals surface area (Å²) < 4.78 is 4.97. The van der Waals surface area contributed by atoms with E-state index in [1.165, 1.54) is 5.56 Å². The van der Waals surface area contributed by atoms with Gasteiger partial charge in [0, 0.05) is 4.88 Å². The Labute approximate surface area is 110 Å². The van der Waals surface area contributed by atoms with Crippen molar-refractivity contribution in [3.8, 4) is 0 Å². The van der Waals surface area contributed by atoms with Gasteiger partial charge in [-0.2, -0.15) is 0 Å². The fourth-order valence-corrected chi connectivity index (χ4v) is 2.91. The Morgan fingerprint density at radius 1 is 1.44 bits per heavy atom. The van der Waals surface area contributed by atoms with Crippen LogP contribution in [0.25, 0.3) is 0 Å². The lowest BCUT2D eigenvalue weighted by Gasteiger charge is -2.16. The van der Waals surface area contributed by atoms with E-state index in [4.69, 9.17) is 4.74 Å². The molecule has 1 aromatic carbocycles. The van der Waals surface area contributed by atoms with Crippen LogP contribution < -0.4 is 0 Å². The molecule has 1 aromatic heterocycles. The van der Waals surface area contributed by atoms with Gasteiger partial charge in [0.2, 0.25) is 0 Å². The molecule has 0 spiro atoms. The summed E-state index contributed by atoms with van der Waals surface area (Å²) in [7, 11) is 0. The lowest BCUT2D eigenvalue weighted by molar-refractivity contribution is -0.128. The molecule has 1 atom stereocenters. The zero-order chi connectivity index (χ0) is 13.0.